The molecule has 2 heterocycles. The number of nitrogens with zero attached hydrogens (tertiary/aromatic N) is 2. The smallest absolute Gasteiger partial charge is 0.317 e. The van der Waals surface area contributed by atoms with Gasteiger partial charge in [0.25, 0.3) is 0 Å². The van der Waals surface area contributed by atoms with Gasteiger partial charge in [-0.05, 0) is 30.5 Å². The Kier molecular flexibility index (Phi) is 5.85. The Morgan fingerprint density at radius 1 is 1.24 bits per heavy atom. The van der Waals surface area contributed by atoms with Crippen LogP contribution in [0, 0.1) is 0 Å². The van der Waals surface area contributed by atoms with E-state index >= 15 is 0 Å². The summed E-state index contributed by atoms with van der Waals surface area (Å²) in [6.07, 6.45) is 2.29. The van der Waals surface area contributed by atoms with Crippen molar-refractivity contribution in [3.63, 3.8) is 0 Å². The average Bonchev–Trinajstić information content (AvgIpc) is 3.32. The van der Waals surface area contributed by atoms with E-state index in [0.29, 0.717) is 31.9 Å². The van der Waals surface area contributed by atoms with E-state index in [1.807, 2.05) is 54.8 Å². The summed E-state index contributed by atoms with van der Waals surface area (Å²) >= 11 is 1.66. The number of carbonyl (C=O) groups excluding carboxylic acids is 1. The molecule has 6 heteroatoms. The van der Waals surface area contributed by atoms with Crippen molar-refractivity contribution >= 4 is 17.4 Å². The molecule has 2 aromatic heterocycles. The predicted molar refractivity (Wildman–Crippen MR) is 99.4 cm³/mol. The first-order valence-corrected chi connectivity index (χ1v) is 9.19. The van der Waals surface area contributed by atoms with Gasteiger partial charge in [0.15, 0.2) is 0 Å². The van der Waals surface area contributed by atoms with Crippen molar-refractivity contribution in [3.8, 4) is 11.5 Å². The second kappa shape index (κ2) is 8.48. The lowest BCUT2D eigenvalue weighted by molar-refractivity contribution is 0.199. The predicted octanol–water partition coefficient (Wildman–Crippen LogP) is 4.18. The zero-order valence-electron chi connectivity index (χ0n) is 14.1. The van der Waals surface area contributed by atoms with Crippen molar-refractivity contribution in [3.05, 3.63) is 64.7 Å². The van der Waals surface area contributed by atoms with Gasteiger partial charge in [-0.2, -0.15) is 0 Å². The number of oxazole rings is 1. The van der Waals surface area contributed by atoms with Crippen LogP contribution in [0.3, 0.4) is 0 Å². The number of urea groups is 1. The monoisotopic (exact) mass is 355 g/mol. The maximum absolute atomic E-state index is 12.3. The van der Waals surface area contributed by atoms with Gasteiger partial charge < -0.3 is 14.6 Å². The first-order valence-electron chi connectivity index (χ1n) is 8.31. The fraction of sp³-hybridized carbons (Fsp3) is 0.263. The lowest BCUT2D eigenvalue weighted by Crippen LogP contribution is -2.40. The number of hydrogen-bond donors (Lipinski definition) is 1. The molecule has 0 saturated carbocycles. The van der Waals surface area contributed by atoms with E-state index in [2.05, 4.69) is 10.3 Å². The van der Waals surface area contributed by atoms with Crippen LogP contribution < -0.4 is 5.32 Å². The summed E-state index contributed by atoms with van der Waals surface area (Å²) in [4.78, 5) is 19.7. The van der Waals surface area contributed by atoms with Gasteiger partial charge in [-0.25, -0.2) is 9.78 Å². The van der Waals surface area contributed by atoms with Crippen molar-refractivity contribution < 1.29 is 9.21 Å². The Labute approximate surface area is 151 Å². The summed E-state index contributed by atoms with van der Waals surface area (Å²) in [5, 5.41) is 4.98. The highest BCUT2D eigenvalue weighted by molar-refractivity contribution is 7.09. The number of aromatic nitrogens is 1. The molecule has 130 valence electrons. The van der Waals surface area contributed by atoms with Crippen LogP contribution in [0.1, 0.15) is 17.5 Å². The van der Waals surface area contributed by atoms with Crippen molar-refractivity contribution in [2.75, 3.05) is 13.1 Å². The summed E-state index contributed by atoms with van der Waals surface area (Å²) in [7, 11) is 0. The molecule has 3 aromatic rings. The van der Waals surface area contributed by atoms with Crippen LogP contribution in [0.25, 0.3) is 11.5 Å². The van der Waals surface area contributed by atoms with Crippen LogP contribution in [-0.2, 0) is 13.0 Å². The number of nitrogens with one attached hydrogen (secondary N) is 1. The maximum atomic E-state index is 12.3. The zero-order valence-corrected chi connectivity index (χ0v) is 15.0. The summed E-state index contributed by atoms with van der Waals surface area (Å²) in [5.41, 5.74) is 1.78. The summed E-state index contributed by atoms with van der Waals surface area (Å²) in [5.74, 6) is 0.606. The van der Waals surface area contributed by atoms with Gasteiger partial charge >= 0.3 is 6.03 Å². The SMILES string of the molecule is CCN(Cc1cccs1)C(=O)NCCc1coc(-c2ccccc2)n1. The first kappa shape index (κ1) is 17.2. The zero-order chi connectivity index (χ0) is 17.5. The topological polar surface area (TPSA) is 58.4 Å². The van der Waals surface area contributed by atoms with Gasteiger partial charge in [-0.3, -0.25) is 0 Å². The van der Waals surface area contributed by atoms with Crippen LogP contribution in [-0.4, -0.2) is 29.0 Å². The number of hydrogen-bond acceptors (Lipinski definition) is 4. The highest BCUT2D eigenvalue weighted by Crippen LogP contribution is 2.18. The van der Waals surface area contributed by atoms with E-state index in [9.17, 15) is 4.79 Å². The molecule has 0 aliphatic heterocycles. The fourth-order valence-corrected chi connectivity index (χ4v) is 3.18. The third kappa shape index (κ3) is 4.70. The molecule has 0 spiro atoms. The fourth-order valence-electron chi connectivity index (χ4n) is 2.46. The minimum absolute atomic E-state index is 0.0531. The normalized spacial score (nSPS) is 10.6. The second-order valence-electron chi connectivity index (χ2n) is 5.59. The van der Waals surface area contributed by atoms with Gasteiger partial charge in [0.1, 0.15) is 6.26 Å². The molecular formula is C19H21N3O2S. The van der Waals surface area contributed by atoms with E-state index in [1.54, 1.807) is 22.5 Å². The molecule has 0 unspecified atom stereocenters. The molecule has 2 amide bonds. The van der Waals surface area contributed by atoms with Crippen LogP contribution in [0.4, 0.5) is 4.79 Å². The molecule has 1 N–H and O–H groups in total. The number of rotatable bonds is 7. The minimum atomic E-state index is -0.0531. The third-order valence-electron chi connectivity index (χ3n) is 3.83. The number of carbonyl (C=O) groups is 1. The Morgan fingerprint density at radius 3 is 2.80 bits per heavy atom. The molecule has 0 saturated heterocycles. The molecule has 5 nitrogen and oxygen atoms in total. The van der Waals surface area contributed by atoms with Gasteiger partial charge in [-0.1, -0.05) is 24.3 Å². The van der Waals surface area contributed by atoms with Crippen molar-refractivity contribution in [1.82, 2.24) is 15.2 Å². The van der Waals surface area contributed by atoms with E-state index in [-0.39, 0.29) is 6.03 Å². The maximum Gasteiger partial charge on any atom is 0.317 e. The molecule has 25 heavy (non-hydrogen) atoms. The largest absolute Gasteiger partial charge is 0.444 e. The number of amides is 2. The van der Waals surface area contributed by atoms with Crippen molar-refractivity contribution in [2.45, 2.75) is 19.9 Å². The quantitative estimate of drug-likeness (QED) is 0.692. The van der Waals surface area contributed by atoms with Gasteiger partial charge in [0.05, 0.1) is 12.2 Å². The molecule has 0 aliphatic carbocycles. The van der Waals surface area contributed by atoms with Crippen LogP contribution in [0.2, 0.25) is 0 Å². The minimum Gasteiger partial charge on any atom is -0.444 e. The van der Waals surface area contributed by atoms with Crippen molar-refractivity contribution in [2.24, 2.45) is 0 Å². The Bertz CT molecular complexity index is 784. The lowest BCUT2D eigenvalue weighted by Gasteiger charge is -2.20. The van der Waals surface area contributed by atoms with Gasteiger partial charge in [-0.15, -0.1) is 11.3 Å². The Morgan fingerprint density at radius 2 is 2.08 bits per heavy atom. The molecule has 0 fully saturated rings. The lowest BCUT2D eigenvalue weighted by atomic mass is 10.2. The number of benzene rings is 1. The summed E-state index contributed by atoms with van der Waals surface area (Å²) in [6, 6.07) is 13.8. The van der Waals surface area contributed by atoms with E-state index in [4.69, 9.17) is 4.42 Å². The van der Waals surface area contributed by atoms with Crippen LogP contribution in [0.15, 0.2) is 58.5 Å². The third-order valence-corrected chi connectivity index (χ3v) is 4.69. The second-order valence-corrected chi connectivity index (χ2v) is 6.62. The van der Waals surface area contributed by atoms with E-state index < -0.39 is 0 Å². The first-order chi connectivity index (χ1) is 12.3. The number of thiophene rings is 1. The molecule has 0 atom stereocenters. The van der Waals surface area contributed by atoms with E-state index in [0.717, 1.165) is 11.3 Å². The molecule has 3 rings (SSSR count). The summed E-state index contributed by atoms with van der Waals surface area (Å²) < 4.78 is 5.51. The molecular weight excluding hydrogens is 334 g/mol. The average molecular weight is 355 g/mol. The summed E-state index contributed by atoms with van der Waals surface area (Å²) in [6.45, 7) is 3.82. The molecule has 1 aromatic carbocycles. The molecule has 0 bridgehead atoms. The molecule has 0 radical (unpaired) electrons. The Balaban J connectivity index is 1.49. The highest BCUT2D eigenvalue weighted by Gasteiger charge is 2.12. The highest BCUT2D eigenvalue weighted by atomic mass is 32.1. The molecule has 0 aliphatic rings. The standard InChI is InChI=1S/C19H21N3O2S/c1-2-22(13-17-9-6-12-25-17)19(23)20-11-10-16-14-24-18(21-16)15-7-4-3-5-8-15/h3-9,12,14H,2,10-11,13H2,1H3,(H,20,23). The van der Waals surface area contributed by atoms with Gasteiger partial charge in [0.2, 0.25) is 5.89 Å². The van der Waals surface area contributed by atoms with Crippen LogP contribution >= 0.6 is 11.3 Å². The van der Waals surface area contributed by atoms with Gasteiger partial charge in [0, 0.05) is 30.0 Å². The van der Waals surface area contributed by atoms with E-state index in [1.165, 1.54) is 4.88 Å². The van der Waals surface area contributed by atoms with Crippen LogP contribution in [0.5, 0.6) is 0 Å². The van der Waals surface area contributed by atoms with Crippen molar-refractivity contribution in [1.29, 1.82) is 0 Å². The Hall–Kier alpha value is -2.60.